The van der Waals surface area contributed by atoms with Gasteiger partial charge in [0.2, 0.25) is 11.8 Å². The van der Waals surface area contributed by atoms with E-state index in [4.69, 9.17) is 4.74 Å². The van der Waals surface area contributed by atoms with Gasteiger partial charge in [0.1, 0.15) is 11.8 Å². The summed E-state index contributed by atoms with van der Waals surface area (Å²) in [5.74, 6) is 0.712. The third-order valence-corrected chi connectivity index (χ3v) is 4.31. The number of amides is 2. The second-order valence-corrected chi connectivity index (χ2v) is 7.15. The van der Waals surface area contributed by atoms with Crippen LogP contribution < -0.4 is 15.4 Å². The molecule has 1 aromatic carbocycles. The van der Waals surface area contributed by atoms with Gasteiger partial charge in [-0.05, 0) is 35.4 Å². The Morgan fingerprint density at radius 3 is 2.57 bits per heavy atom. The highest BCUT2D eigenvalue weighted by molar-refractivity contribution is 5.90. The lowest BCUT2D eigenvalue weighted by Gasteiger charge is -2.30. The van der Waals surface area contributed by atoms with E-state index >= 15 is 0 Å². The Kier molecular flexibility index (Phi) is 4.97. The summed E-state index contributed by atoms with van der Waals surface area (Å²) in [5, 5.41) is 5.54. The summed E-state index contributed by atoms with van der Waals surface area (Å²) in [5.41, 5.74) is 0.771. The van der Waals surface area contributed by atoms with E-state index in [0.29, 0.717) is 0 Å². The van der Waals surface area contributed by atoms with E-state index in [1.165, 1.54) is 0 Å². The summed E-state index contributed by atoms with van der Waals surface area (Å²) in [6, 6.07) is 7.27. The molecule has 126 valence electrons. The second-order valence-electron chi connectivity index (χ2n) is 7.15. The van der Waals surface area contributed by atoms with Crippen molar-refractivity contribution in [2.24, 2.45) is 11.3 Å². The standard InChI is InChI=1S/C18H26N2O3/c1-18(2,3)15(17(22)19-4)20-16(21)14-10-13(14)11-7-6-8-12(9-11)23-5/h6-9,13-15H,10H2,1-5H3,(H,19,22)(H,20,21)/t13-,14?,15?/m0/s1. The highest BCUT2D eigenvalue weighted by Crippen LogP contribution is 2.48. The minimum absolute atomic E-state index is 0.0543. The third-order valence-electron chi connectivity index (χ3n) is 4.31. The fourth-order valence-corrected chi connectivity index (χ4v) is 2.79. The Balaban J connectivity index is 2.03. The van der Waals surface area contributed by atoms with Crippen LogP contribution in [0.3, 0.4) is 0 Å². The molecule has 2 amide bonds. The molecule has 1 aliphatic carbocycles. The Morgan fingerprint density at radius 2 is 2.00 bits per heavy atom. The molecule has 5 heteroatoms. The minimum Gasteiger partial charge on any atom is -0.497 e. The Bertz CT molecular complexity index is 592. The van der Waals surface area contributed by atoms with Crippen molar-refractivity contribution in [1.82, 2.24) is 10.6 Å². The van der Waals surface area contributed by atoms with E-state index in [0.717, 1.165) is 17.7 Å². The molecule has 1 aliphatic rings. The van der Waals surface area contributed by atoms with Crippen LogP contribution in [0.2, 0.25) is 0 Å². The van der Waals surface area contributed by atoms with Gasteiger partial charge in [0, 0.05) is 13.0 Å². The average Bonchev–Trinajstić information content (AvgIpc) is 3.31. The van der Waals surface area contributed by atoms with Crippen LogP contribution in [-0.4, -0.2) is 32.0 Å². The van der Waals surface area contributed by atoms with Gasteiger partial charge in [0.05, 0.1) is 7.11 Å². The highest BCUT2D eigenvalue weighted by atomic mass is 16.5. The normalized spacial score (nSPS) is 21.3. The van der Waals surface area contributed by atoms with Crippen molar-refractivity contribution in [2.45, 2.75) is 39.2 Å². The van der Waals surface area contributed by atoms with Crippen molar-refractivity contribution >= 4 is 11.8 Å². The topological polar surface area (TPSA) is 67.4 Å². The van der Waals surface area contributed by atoms with E-state index in [1.807, 2.05) is 45.0 Å². The molecule has 3 atom stereocenters. The zero-order valence-electron chi connectivity index (χ0n) is 14.5. The predicted octanol–water partition coefficient (Wildman–Crippen LogP) is 2.08. The number of carbonyl (C=O) groups is 2. The van der Waals surface area contributed by atoms with E-state index in [2.05, 4.69) is 10.6 Å². The van der Waals surface area contributed by atoms with E-state index < -0.39 is 6.04 Å². The number of hydrogen-bond donors (Lipinski definition) is 2. The van der Waals surface area contributed by atoms with Crippen molar-refractivity contribution < 1.29 is 14.3 Å². The van der Waals surface area contributed by atoms with E-state index in [-0.39, 0.29) is 29.1 Å². The average molecular weight is 318 g/mol. The molecule has 0 saturated heterocycles. The van der Waals surface area contributed by atoms with Crippen LogP contribution in [0.1, 0.15) is 38.7 Å². The first-order chi connectivity index (χ1) is 10.8. The molecule has 2 N–H and O–H groups in total. The molecule has 2 unspecified atom stereocenters. The molecule has 2 rings (SSSR count). The molecule has 0 spiro atoms. The number of nitrogens with one attached hydrogen (secondary N) is 2. The number of benzene rings is 1. The lowest BCUT2D eigenvalue weighted by Crippen LogP contribution is -2.53. The zero-order chi connectivity index (χ0) is 17.2. The molecule has 0 bridgehead atoms. The number of likely N-dealkylation sites (N-methyl/N-ethyl adjacent to an activating group) is 1. The summed E-state index contributed by atoms with van der Waals surface area (Å²) in [4.78, 5) is 24.5. The lowest BCUT2D eigenvalue weighted by atomic mass is 9.86. The molecule has 1 fully saturated rings. The monoisotopic (exact) mass is 318 g/mol. The highest BCUT2D eigenvalue weighted by Gasteiger charge is 2.46. The lowest BCUT2D eigenvalue weighted by molar-refractivity contribution is -0.131. The summed E-state index contributed by atoms with van der Waals surface area (Å²) >= 11 is 0. The number of rotatable bonds is 5. The van der Waals surface area contributed by atoms with Crippen LogP contribution in [0.15, 0.2) is 24.3 Å². The van der Waals surface area contributed by atoms with Crippen molar-refractivity contribution in [3.8, 4) is 5.75 Å². The fourth-order valence-electron chi connectivity index (χ4n) is 2.79. The Labute approximate surface area is 137 Å². The first kappa shape index (κ1) is 17.3. The van der Waals surface area contributed by atoms with Gasteiger partial charge in [0.25, 0.3) is 0 Å². The van der Waals surface area contributed by atoms with Gasteiger partial charge in [-0.25, -0.2) is 0 Å². The number of carbonyl (C=O) groups excluding carboxylic acids is 2. The summed E-state index contributed by atoms with van der Waals surface area (Å²) in [7, 11) is 3.22. The molecule has 5 nitrogen and oxygen atoms in total. The van der Waals surface area contributed by atoms with Gasteiger partial charge in [-0.1, -0.05) is 32.9 Å². The van der Waals surface area contributed by atoms with E-state index in [1.54, 1.807) is 14.2 Å². The van der Waals surface area contributed by atoms with Crippen LogP contribution >= 0.6 is 0 Å². The first-order valence-corrected chi connectivity index (χ1v) is 7.94. The third kappa shape index (κ3) is 4.03. The SMILES string of the molecule is CNC(=O)C(NC(=O)C1C[C@H]1c1cccc(OC)c1)C(C)(C)C. The predicted molar refractivity (Wildman–Crippen MR) is 89.3 cm³/mol. The van der Waals surface area contributed by atoms with Gasteiger partial charge < -0.3 is 15.4 Å². The molecule has 0 aliphatic heterocycles. The van der Waals surface area contributed by atoms with Crippen LogP contribution in [0.5, 0.6) is 5.75 Å². The summed E-state index contributed by atoms with van der Waals surface area (Å²) in [6.45, 7) is 5.83. The van der Waals surface area contributed by atoms with Crippen molar-refractivity contribution in [3.05, 3.63) is 29.8 Å². The van der Waals surface area contributed by atoms with Gasteiger partial charge in [-0.15, -0.1) is 0 Å². The second kappa shape index (κ2) is 6.60. The van der Waals surface area contributed by atoms with Crippen LogP contribution in [-0.2, 0) is 9.59 Å². The minimum atomic E-state index is -0.536. The van der Waals surface area contributed by atoms with Crippen molar-refractivity contribution in [1.29, 1.82) is 0 Å². The molecule has 1 aromatic rings. The molecule has 0 heterocycles. The molecule has 0 radical (unpaired) electrons. The van der Waals surface area contributed by atoms with E-state index in [9.17, 15) is 9.59 Å². The zero-order valence-corrected chi connectivity index (χ0v) is 14.5. The molecular formula is C18H26N2O3. The van der Waals surface area contributed by atoms with Crippen molar-refractivity contribution in [3.63, 3.8) is 0 Å². The maximum absolute atomic E-state index is 12.5. The maximum atomic E-state index is 12.5. The molecular weight excluding hydrogens is 292 g/mol. The van der Waals surface area contributed by atoms with Crippen LogP contribution in [0.4, 0.5) is 0 Å². The Morgan fingerprint density at radius 1 is 1.30 bits per heavy atom. The number of ether oxygens (including phenoxy) is 1. The molecule has 0 aromatic heterocycles. The summed E-state index contributed by atoms with van der Waals surface area (Å²) in [6.07, 6.45) is 0.809. The fraction of sp³-hybridized carbons (Fsp3) is 0.556. The quantitative estimate of drug-likeness (QED) is 0.873. The van der Waals surface area contributed by atoms with Crippen LogP contribution in [0.25, 0.3) is 0 Å². The number of methoxy groups -OCH3 is 1. The van der Waals surface area contributed by atoms with Crippen molar-refractivity contribution in [2.75, 3.05) is 14.2 Å². The number of hydrogen-bond acceptors (Lipinski definition) is 3. The Hall–Kier alpha value is -2.04. The summed E-state index contributed by atoms with van der Waals surface area (Å²) < 4.78 is 5.23. The largest absolute Gasteiger partial charge is 0.497 e. The van der Waals surface area contributed by atoms with Gasteiger partial charge >= 0.3 is 0 Å². The first-order valence-electron chi connectivity index (χ1n) is 7.94. The van der Waals surface area contributed by atoms with Crippen LogP contribution in [0, 0.1) is 11.3 Å². The molecule has 23 heavy (non-hydrogen) atoms. The smallest absolute Gasteiger partial charge is 0.242 e. The van der Waals surface area contributed by atoms with Gasteiger partial charge in [0.15, 0.2) is 0 Å². The van der Waals surface area contributed by atoms with Gasteiger partial charge in [-0.2, -0.15) is 0 Å². The molecule has 1 saturated carbocycles. The van der Waals surface area contributed by atoms with Gasteiger partial charge in [-0.3, -0.25) is 9.59 Å². The maximum Gasteiger partial charge on any atom is 0.242 e.